The van der Waals surface area contributed by atoms with Gasteiger partial charge in [-0.05, 0) is 49.5 Å². The number of fused-ring (bicyclic) bond motifs is 1. The molecule has 5 nitrogen and oxygen atoms in total. The SMILES string of the molecule is O=C1C2=C(CCCC2)C(=O)N1c1ccccc1C=Cc1n[nH]c2ccccc12. The van der Waals surface area contributed by atoms with E-state index < -0.39 is 0 Å². The summed E-state index contributed by atoms with van der Waals surface area (Å²) in [5.41, 5.74) is 4.64. The highest BCUT2D eigenvalue weighted by Crippen LogP contribution is 2.37. The van der Waals surface area contributed by atoms with Crippen LogP contribution in [-0.2, 0) is 9.59 Å². The van der Waals surface area contributed by atoms with Crippen LogP contribution in [0, 0.1) is 0 Å². The van der Waals surface area contributed by atoms with Crippen molar-refractivity contribution < 1.29 is 9.59 Å². The van der Waals surface area contributed by atoms with Crippen LogP contribution < -0.4 is 4.90 Å². The van der Waals surface area contributed by atoms with Crippen LogP contribution in [0.4, 0.5) is 5.69 Å². The summed E-state index contributed by atoms with van der Waals surface area (Å²) in [5.74, 6) is -0.323. The Bertz CT molecular complexity index is 1140. The highest BCUT2D eigenvalue weighted by Gasteiger charge is 2.40. The first-order valence-electron chi connectivity index (χ1n) is 9.55. The normalized spacial score (nSPS) is 17.2. The molecule has 2 amide bonds. The van der Waals surface area contributed by atoms with Crippen molar-refractivity contribution in [1.82, 2.24) is 10.2 Å². The number of nitrogens with one attached hydrogen (secondary N) is 1. The highest BCUT2D eigenvalue weighted by atomic mass is 16.2. The molecule has 2 aromatic carbocycles. The molecule has 0 radical (unpaired) electrons. The number of carbonyl (C=O) groups excluding carboxylic acids is 2. The molecular formula is C23H19N3O2. The summed E-state index contributed by atoms with van der Waals surface area (Å²) in [7, 11) is 0. The lowest BCUT2D eigenvalue weighted by molar-refractivity contribution is -0.120. The van der Waals surface area contributed by atoms with Gasteiger partial charge in [0, 0.05) is 16.5 Å². The number of carbonyl (C=O) groups is 2. The number of nitrogens with zero attached hydrogens (tertiary/aromatic N) is 2. The van der Waals surface area contributed by atoms with Gasteiger partial charge in [0.25, 0.3) is 11.8 Å². The molecule has 5 heteroatoms. The van der Waals surface area contributed by atoms with Gasteiger partial charge in [0.05, 0.1) is 16.9 Å². The van der Waals surface area contributed by atoms with Gasteiger partial charge in [-0.2, -0.15) is 5.10 Å². The molecule has 0 fully saturated rings. The molecule has 1 aliphatic carbocycles. The molecule has 0 spiro atoms. The average Bonchev–Trinajstić information content (AvgIpc) is 3.26. The summed E-state index contributed by atoms with van der Waals surface area (Å²) in [6, 6.07) is 15.4. The molecular weight excluding hydrogens is 350 g/mol. The van der Waals surface area contributed by atoms with Crippen LogP contribution in [0.25, 0.3) is 23.1 Å². The maximum absolute atomic E-state index is 12.9. The zero-order valence-corrected chi connectivity index (χ0v) is 15.3. The van der Waals surface area contributed by atoms with Gasteiger partial charge in [0.1, 0.15) is 0 Å². The van der Waals surface area contributed by atoms with E-state index in [1.165, 1.54) is 4.90 Å². The van der Waals surface area contributed by atoms with Crippen LogP contribution in [0.5, 0.6) is 0 Å². The van der Waals surface area contributed by atoms with Crippen molar-refractivity contribution in [2.75, 3.05) is 4.90 Å². The number of anilines is 1. The largest absolute Gasteiger partial charge is 0.277 e. The summed E-state index contributed by atoms with van der Waals surface area (Å²) in [6.45, 7) is 0. The van der Waals surface area contributed by atoms with Crippen molar-refractivity contribution in [1.29, 1.82) is 0 Å². The molecule has 0 atom stereocenters. The number of para-hydroxylation sites is 2. The summed E-state index contributed by atoms with van der Waals surface area (Å²) in [5, 5.41) is 8.40. The van der Waals surface area contributed by atoms with Crippen molar-refractivity contribution in [3.05, 3.63) is 70.9 Å². The Labute approximate surface area is 162 Å². The average molecular weight is 369 g/mol. The number of imide groups is 1. The number of amides is 2. The minimum atomic E-state index is -0.161. The molecule has 1 aliphatic heterocycles. The van der Waals surface area contributed by atoms with E-state index in [0.29, 0.717) is 29.7 Å². The number of hydrogen-bond acceptors (Lipinski definition) is 3. The van der Waals surface area contributed by atoms with Crippen LogP contribution in [0.1, 0.15) is 36.9 Å². The molecule has 2 heterocycles. The zero-order valence-electron chi connectivity index (χ0n) is 15.3. The third-order valence-corrected chi connectivity index (χ3v) is 5.49. The van der Waals surface area contributed by atoms with E-state index in [-0.39, 0.29) is 11.8 Å². The van der Waals surface area contributed by atoms with Crippen molar-refractivity contribution in [3.8, 4) is 0 Å². The van der Waals surface area contributed by atoms with E-state index in [1.807, 2.05) is 60.7 Å². The number of benzene rings is 2. The van der Waals surface area contributed by atoms with E-state index in [4.69, 9.17) is 0 Å². The van der Waals surface area contributed by atoms with Gasteiger partial charge in [-0.15, -0.1) is 0 Å². The first-order valence-corrected chi connectivity index (χ1v) is 9.55. The van der Waals surface area contributed by atoms with E-state index in [0.717, 1.165) is 35.0 Å². The maximum Gasteiger partial charge on any atom is 0.261 e. The van der Waals surface area contributed by atoms with Crippen molar-refractivity contribution in [2.24, 2.45) is 0 Å². The molecule has 5 rings (SSSR count). The number of hydrogen-bond donors (Lipinski definition) is 1. The van der Waals surface area contributed by atoms with E-state index in [2.05, 4.69) is 10.2 Å². The lowest BCUT2D eigenvalue weighted by Gasteiger charge is -2.17. The standard InChI is InChI=1S/C23H19N3O2/c27-22-16-8-2-3-9-17(16)23(28)26(22)21-12-6-1-7-15(21)13-14-20-18-10-4-5-11-19(18)24-25-20/h1,4-7,10-14H,2-3,8-9H2,(H,24,25). The van der Waals surface area contributed by atoms with Crippen LogP contribution in [0.3, 0.4) is 0 Å². The van der Waals surface area contributed by atoms with Gasteiger partial charge in [-0.1, -0.05) is 42.5 Å². The number of rotatable bonds is 3. The molecule has 0 saturated carbocycles. The monoisotopic (exact) mass is 369 g/mol. The molecule has 2 aliphatic rings. The number of H-pyrrole nitrogens is 1. The summed E-state index contributed by atoms with van der Waals surface area (Å²) >= 11 is 0. The fraction of sp³-hybridized carbons (Fsp3) is 0.174. The minimum absolute atomic E-state index is 0.161. The Morgan fingerprint density at radius 2 is 1.54 bits per heavy atom. The zero-order chi connectivity index (χ0) is 19.1. The maximum atomic E-state index is 12.9. The lowest BCUT2D eigenvalue weighted by Crippen LogP contribution is -2.32. The Balaban J connectivity index is 1.52. The van der Waals surface area contributed by atoms with Gasteiger partial charge >= 0.3 is 0 Å². The number of aromatic amines is 1. The molecule has 28 heavy (non-hydrogen) atoms. The van der Waals surface area contributed by atoms with Gasteiger partial charge < -0.3 is 0 Å². The minimum Gasteiger partial charge on any atom is -0.277 e. The molecule has 1 N–H and O–H groups in total. The number of aromatic nitrogens is 2. The van der Waals surface area contributed by atoms with E-state index >= 15 is 0 Å². The first kappa shape index (κ1) is 16.7. The predicted octanol–water partition coefficient (Wildman–Crippen LogP) is 4.48. The summed E-state index contributed by atoms with van der Waals surface area (Å²) < 4.78 is 0. The summed E-state index contributed by atoms with van der Waals surface area (Å²) in [6.07, 6.45) is 7.17. The molecule has 3 aromatic rings. The van der Waals surface area contributed by atoms with Crippen LogP contribution in [-0.4, -0.2) is 22.0 Å². The van der Waals surface area contributed by atoms with Gasteiger partial charge in [-0.25, -0.2) is 4.90 Å². The Hall–Kier alpha value is -3.47. The smallest absolute Gasteiger partial charge is 0.261 e. The van der Waals surface area contributed by atoms with Crippen molar-refractivity contribution in [2.45, 2.75) is 25.7 Å². The topological polar surface area (TPSA) is 66.1 Å². The third-order valence-electron chi connectivity index (χ3n) is 5.49. The Kier molecular flexibility index (Phi) is 3.93. The van der Waals surface area contributed by atoms with Gasteiger partial charge in [0.15, 0.2) is 0 Å². The van der Waals surface area contributed by atoms with Crippen LogP contribution >= 0.6 is 0 Å². The molecule has 138 valence electrons. The second kappa shape index (κ2) is 6.60. The Morgan fingerprint density at radius 1 is 0.857 bits per heavy atom. The molecule has 0 unspecified atom stereocenters. The fourth-order valence-electron chi connectivity index (χ4n) is 4.07. The summed E-state index contributed by atoms with van der Waals surface area (Å²) in [4.78, 5) is 27.2. The lowest BCUT2D eigenvalue weighted by atomic mass is 9.93. The highest BCUT2D eigenvalue weighted by molar-refractivity contribution is 6.33. The predicted molar refractivity (Wildman–Crippen MR) is 109 cm³/mol. The van der Waals surface area contributed by atoms with E-state index in [1.54, 1.807) is 0 Å². The van der Waals surface area contributed by atoms with Gasteiger partial charge in [0.2, 0.25) is 0 Å². The fourth-order valence-corrected chi connectivity index (χ4v) is 4.07. The first-order chi connectivity index (χ1) is 13.7. The Morgan fingerprint density at radius 3 is 2.32 bits per heavy atom. The quantitative estimate of drug-likeness (QED) is 0.693. The second-order valence-electron chi connectivity index (χ2n) is 7.16. The molecule has 1 aromatic heterocycles. The van der Waals surface area contributed by atoms with Crippen molar-refractivity contribution >= 4 is 40.6 Å². The second-order valence-corrected chi connectivity index (χ2v) is 7.16. The van der Waals surface area contributed by atoms with Crippen LogP contribution in [0.15, 0.2) is 59.7 Å². The third kappa shape index (κ3) is 2.59. The molecule has 0 saturated heterocycles. The molecule has 0 bridgehead atoms. The van der Waals surface area contributed by atoms with Crippen LogP contribution in [0.2, 0.25) is 0 Å². The van der Waals surface area contributed by atoms with E-state index in [9.17, 15) is 9.59 Å². The van der Waals surface area contributed by atoms with Crippen molar-refractivity contribution in [3.63, 3.8) is 0 Å². The van der Waals surface area contributed by atoms with Gasteiger partial charge in [-0.3, -0.25) is 14.7 Å².